The van der Waals surface area contributed by atoms with E-state index in [9.17, 15) is 13.2 Å². The van der Waals surface area contributed by atoms with Crippen molar-refractivity contribution in [2.45, 2.75) is 11.4 Å². The zero-order valence-electron chi connectivity index (χ0n) is 17.6. The third-order valence-corrected chi connectivity index (χ3v) is 7.05. The molecule has 0 unspecified atom stereocenters. The fourth-order valence-corrected chi connectivity index (χ4v) is 5.01. The molecule has 32 heavy (non-hydrogen) atoms. The molecule has 1 aliphatic rings. The molecule has 1 N–H and O–H groups in total. The van der Waals surface area contributed by atoms with E-state index in [1.165, 1.54) is 23.5 Å². The number of benzene rings is 2. The van der Waals surface area contributed by atoms with Gasteiger partial charge in [0.15, 0.2) is 0 Å². The molecule has 1 aromatic heterocycles. The van der Waals surface area contributed by atoms with Crippen LogP contribution in [0.1, 0.15) is 15.9 Å². The van der Waals surface area contributed by atoms with Crippen molar-refractivity contribution in [2.24, 2.45) is 0 Å². The number of nitrogens with zero attached hydrogens (tertiary/aromatic N) is 3. The average Bonchev–Trinajstić information content (AvgIpc) is 3.33. The van der Waals surface area contributed by atoms with Crippen molar-refractivity contribution >= 4 is 21.6 Å². The second-order valence-electron chi connectivity index (χ2n) is 7.24. The summed E-state index contributed by atoms with van der Waals surface area (Å²) in [6.07, 6.45) is 3.60. The van der Waals surface area contributed by atoms with Crippen molar-refractivity contribution in [3.8, 4) is 5.75 Å². The Hall–Kier alpha value is -3.21. The summed E-state index contributed by atoms with van der Waals surface area (Å²) in [6, 6.07) is 13.6. The van der Waals surface area contributed by atoms with E-state index in [2.05, 4.69) is 10.4 Å². The highest BCUT2D eigenvalue weighted by molar-refractivity contribution is 7.89. The summed E-state index contributed by atoms with van der Waals surface area (Å²) in [5, 5.41) is 6.98. The quantitative estimate of drug-likeness (QED) is 0.585. The molecule has 0 spiro atoms. The number of rotatable bonds is 7. The molecule has 1 amide bonds. The predicted molar refractivity (Wildman–Crippen MR) is 118 cm³/mol. The molecule has 0 bridgehead atoms. The molecule has 0 saturated carbocycles. The van der Waals surface area contributed by atoms with Gasteiger partial charge < -0.3 is 14.8 Å². The minimum absolute atomic E-state index is 0.0379. The van der Waals surface area contributed by atoms with Crippen LogP contribution in [-0.2, 0) is 21.3 Å². The number of morpholine rings is 1. The van der Waals surface area contributed by atoms with Gasteiger partial charge in [0.25, 0.3) is 5.91 Å². The molecular formula is C22H24N4O5S. The maximum Gasteiger partial charge on any atom is 0.255 e. The molecule has 1 saturated heterocycles. The highest BCUT2D eigenvalue weighted by Crippen LogP contribution is 2.28. The van der Waals surface area contributed by atoms with Crippen LogP contribution < -0.4 is 10.1 Å². The lowest BCUT2D eigenvalue weighted by molar-refractivity contribution is 0.0729. The summed E-state index contributed by atoms with van der Waals surface area (Å²) in [5.41, 5.74) is 1.86. The van der Waals surface area contributed by atoms with Gasteiger partial charge in [0, 0.05) is 36.7 Å². The molecule has 0 aliphatic carbocycles. The monoisotopic (exact) mass is 456 g/mol. The first-order valence-corrected chi connectivity index (χ1v) is 11.5. The van der Waals surface area contributed by atoms with Gasteiger partial charge in [-0.1, -0.05) is 12.1 Å². The van der Waals surface area contributed by atoms with Gasteiger partial charge in [0.05, 0.1) is 26.9 Å². The number of aromatic nitrogens is 2. The van der Waals surface area contributed by atoms with E-state index in [4.69, 9.17) is 9.47 Å². The van der Waals surface area contributed by atoms with Crippen molar-refractivity contribution in [3.05, 3.63) is 72.1 Å². The Balaban J connectivity index is 1.52. The fraction of sp³-hybridized carbons (Fsp3) is 0.273. The normalized spacial score (nSPS) is 14.8. The van der Waals surface area contributed by atoms with Gasteiger partial charge in [-0.3, -0.25) is 9.48 Å². The second-order valence-corrected chi connectivity index (χ2v) is 9.14. The third-order valence-electron chi connectivity index (χ3n) is 5.13. The first kappa shape index (κ1) is 22.0. The Bertz CT molecular complexity index is 1170. The molecule has 3 aromatic rings. The van der Waals surface area contributed by atoms with E-state index in [0.717, 1.165) is 5.56 Å². The smallest absolute Gasteiger partial charge is 0.255 e. The second kappa shape index (κ2) is 9.51. The van der Waals surface area contributed by atoms with Gasteiger partial charge in [0.1, 0.15) is 10.6 Å². The molecule has 2 aromatic carbocycles. The summed E-state index contributed by atoms with van der Waals surface area (Å²) in [5.74, 6) is -0.220. The Labute approximate surface area is 186 Å². The van der Waals surface area contributed by atoms with Crippen LogP contribution in [0.15, 0.2) is 65.8 Å². The first-order valence-electron chi connectivity index (χ1n) is 10.1. The molecule has 4 rings (SSSR count). The largest absolute Gasteiger partial charge is 0.495 e. The van der Waals surface area contributed by atoms with Crippen LogP contribution >= 0.6 is 0 Å². The van der Waals surface area contributed by atoms with Crippen LogP contribution in [0.25, 0.3) is 0 Å². The van der Waals surface area contributed by atoms with Crippen molar-refractivity contribution in [3.63, 3.8) is 0 Å². The zero-order chi connectivity index (χ0) is 22.6. The van der Waals surface area contributed by atoms with Gasteiger partial charge >= 0.3 is 0 Å². The van der Waals surface area contributed by atoms with Crippen LogP contribution in [0, 0.1) is 0 Å². The fourth-order valence-electron chi connectivity index (χ4n) is 3.42. The SMILES string of the molecule is COc1ccc(C(=O)Nc2ccc(Cn3cccn3)cc2)cc1S(=O)(=O)N1CCOCC1. The Kier molecular flexibility index (Phi) is 6.54. The van der Waals surface area contributed by atoms with Crippen molar-refractivity contribution in [1.29, 1.82) is 0 Å². The van der Waals surface area contributed by atoms with Gasteiger partial charge in [-0.05, 0) is 42.0 Å². The number of sulfonamides is 1. The Morgan fingerprint density at radius 1 is 1.16 bits per heavy atom. The van der Waals surface area contributed by atoms with E-state index in [-0.39, 0.29) is 29.3 Å². The van der Waals surface area contributed by atoms with Gasteiger partial charge in [-0.25, -0.2) is 8.42 Å². The lowest BCUT2D eigenvalue weighted by Crippen LogP contribution is -2.40. The number of amides is 1. The summed E-state index contributed by atoms with van der Waals surface area (Å²) in [7, 11) is -2.42. The molecular weight excluding hydrogens is 432 g/mol. The number of anilines is 1. The molecule has 10 heteroatoms. The van der Waals surface area contributed by atoms with Gasteiger partial charge in [-0.15, -0.1) is 0 Å². The summed E-state index contributed by atoms with van der Waals surface area (Å²) in [6.45, 7) is 1.80. The number of carbonyl (C=O) groups excluding carboxylic acids is 1. The Morgan fingerprint density at radius 2 is 1.91 bits per heavy atom. The topological polar surface area (TPSA) is 103 Å². The molecule has 0 radical (unpaired) electrons. The number of nitrogens with one attached hydrogen (secondary N) is 1. The van der Waals surface area contributed by atoms with Crippen LogP contribution in [0.5, 0.6) is 5.75 Å². The van der Waals surface area contributed by atoms with E-state index in [0.29, 0.717) is 25.4 Å². The van der Waals surface area contributed by atoms with E-state index < -0.39 is 15.9 Å². The summed E-state index contributed by atoms with van der Waals surface area (Å²) < 4.78 is 39.9. The Morgan fingerprint density at radius 3 is 2.56 bits per heavy atom. The number of methoxy groups -OCH3 is 1. The van der Waals surface area contributed by atoms with E-state index >= 15 is 0 Å². The molecule has 168 valence electrons. The highest BCUT2D eigenvalue weighted by Gasteiger charge is 2.30. The number of hydrogen-bond acceptors (Lipinski definition) is 6. The first-order chi connectivity index (χ1) is 15.5. The maximum absolute atomic E-state index is 13.1. The van der Waals surface area contributed by atoms with Crippen molar-refractivity contribution in [1.82, 2.24) is 14.1 Å². The number of carbonyl (C=O) groups is 1. The molecule has 9 nitrogen and oxygen atoms in total. The zero-order valence-corrected chi connectivity index (χ0v) is 18.4. The van der Waals surface area contributed by atoms with Crippen LogP contribution in [-0.4, -0.2) is 61.8 Å². The molecule has 2 heterocycles. The van der Waals surface area contributed by atoms with E-state index in [1.807, 2.05) is 24.4 Å². The lowest BCUT2D eigenvalue weighted by atomic mass is 10.1. The van der Waals surface area contributed by atoms with Crippen LogP contribution in [0.4, 0.5) is 5.69 Å². The summed E-state index contributed by atoms with van der Waals surface area (Å²) in [4.78, 5) is 12.8. The number of hydrogen-bond donors (Lipinski definition) is 1. The highest BCUT2D eigenvalue weighted by atomic mass is 32.2. The minimum atomic E-state index is -3.82. The molecule has 1 fully saturated rings. The van der Waals surface area contributed by atoms with E-state index in [1.54, 1.807) is 29.1 Å². The van der Waals surface area contributed by atoms with Gasteiger partial charge in [-0.2, -0.15) is 9.40 Å². The summed E-state index contributed by atoms with van der Waals surface area (Å²) >= 11 is 0. The standard InChI is InChI=1S/C22H24N4O5S/c1-30-20-8-5-18(15-21(20)32(28,29)26-11-13-31-14-12-26)22(27)24-19-6-3-17(4-7-19)16-25-10-2-9-23-25/h2-10,15H,11-14,16H2,1H3,(H,24,27). The molecule has 0 atom stereocenters. The maximum atomic E-state index is 13.1. The van der Waals surface area contributed by atoms with Crippen LogP contribution in [0.2, 0.25) is 0 Å². The lowest BCUT2D eigenvalue weighted by Gasteiger charge is -2.26. The van der Waals surface area contributed by atoms with Crippen molar-refractivity contribution in [2.75, 3.05) is 38.7 Å². The van der Waals surface area contributed by atoms with Crippen molar-refractivity contribution < 1.29 is 22.7 Å². The average molecular weight is 457 g/mol. The van der Waals surface area contributed by atoms with Gasteiger partial charge in [0.2, 0.25) is 10.0 Å². The van der Waals surface area contributed by atoms with Crippen LogP contribution in [0.3, 0.4) is 0 Å². The predicted octanol–water partition coefficient (Wildman–Crippen LogP) is 2.21. The minimum Gasteiger partial charge on any atom is -0.495 e. The molecule has 1 aliphatic heterocycles. The third kappa shape index (κ3) is 4.82. The number of ether oxygens (including phenoxy) is 2.